The van der Waals surface area contributed by atoms with Crippen molar-refractivity contribution in [2.24, 2.45) is 0 Å². The third-order valence-corrected chi connectivity index (χ3v) is 5.15. The molecule has 6 heteroatoms. The molecule has 0 aliphatic heterocycles. The van der Waals surface area contributed by atoms with E-state index >= 15 is 0 Å². The average molecular weight is 476 g/mol. The Kier molecular flexibility index (Phi) is 8.22. The van der Waals surface area contributed by atoms with E-state index in [0.717, 1.165) is 10.0 Å². The zero-order chi connectivity index (χ0) is 21.3. The topological polar surface area (TPSA) is 30.5 Å². The van der Waals surface area contributed by atoms with Crippen LogP contribution in [0.25, 0.3) is 0 Å². The largest absolute Gasteiger partial charge is 0.490 e. The molecule has 0 aliphatic carbocycles. The molecule has 0 amide bonds. The number of hydrogen-bond donors (Lipinski definition) is 1. The summed E-state index contributed by atoms with van der Waals surface area (Å²) in [7, 11) is 0. The van der Waals surface area contributed by atoms with Crippen molar-refractivity contribution in [1.29, 1.82) is 0 Å². The lowest BCUT2D eigenvalue weighted by atomic mass is 10.1. The van der Waals surface area contributed by atoms with Gasteiger partial charge in [-0.2, -0.15) is 0 Å². The van der Waals surface area contributed by atoms with Crippen LogP contribution in [0.4, 0.5) is 8.78 Å². The van der Waals surface area contributed by atoms with Crippen LogP contribution in [-0.4, -0.2) is 13.2 Å². The minimum atomic E-state index is -0.303. The minimum Gasteiger partial charge on any atom is -0.490 e. The molecular weight excluding hydrogens is 452 g/mol. The van der Waals surface area contributed by atoms with Crippen molar-refractivity contribution >= 4 is 15.9 Å². The second-order valence-corrected chi connectivity index (χ2v) is 7.59. The van der Waals surface area contributed by atoms with Crippen LogP contribution in [0.3, 0.4) is 0 Å². The highest BCUT2D eigenvalue weighted by Crippen LogP contribution is 2.37. The van der Waals surface area contributed by atoms with Crippen molar-refractivity contribution in [3.05, 3.63) is 93.5 Å². The van der Waals surface area contributed by atoms with Gasteiger partial charge in [0.15, 0.2) is 11.5 Å². The van der Waals surface area contributed by atoms with Crippen LogP contribution >= 0.6 is 15.9 Å². The van der Waals surface area contributed by atoms with Crippen LogP contribution in [0.2, 0.25) is 0 Å². The van der Waals surface area contributed by atoms with E-state index in [1.54, 1.807) is 30.3 Å². The van der Waals surface area contributed by atoms with Gasteiger partial charge in [-0.25, -0.2) is 8.78 Å². The van der Waals surface area contributed by atoms with Crippen LogP contribution < -0.4 is 14.8 Å². The number of hydrogen-bond acceptors (Lipinski definition) is 3. The standard InChI is InChI=1S/C24H24BrF2NO2/c1-2-29-23-14-17(15-28-12-11-18-7-3-5-9-21(18)26)13-20(25)24(23)30-16-19-8-4-6-10-22(19)27/h3-10,13-14,28H,2,11-12,15-16H2,1H3. The van der Waals surface area contributed by atoms with E-state index in [-0.39, 0.29) is 18.2 Å². The van der Waals surface area contributed by atoms with E-state index in [9.17, 15) is 8.78 Å². The summed E-state index contributed by atoms with van der Waals surface area (Å²) in [5.74, 6) is 0.642. The molecule has 3 nitrogen and oxygen atoms in total. The van der Waals surface area contributed by atoms with Crippen LogP contribution in [0.1, 0.15) is 23.6 Å². The van der Waals surface area contributed by atoms with Crippen molar-refractivity contribution in [2.45, 2.75) is 26.5 Å². The first-order valence-corrected chi connectivity index (χ1v) is 10.6. The first-order valence-electron chi connectivity index (χ1n) is 9.84. The van der Waals surface area contributed by atoms with Gasteiger partial charge in [-0.05, 0) is 71.2 Å². The fourth-order valence-corrected chi connectivity index (χ4v) is 3.65. The monoisotopic (exact) mass is 475 g/mol. The lowest BCUT2D eigenvalue weighted by molar-refractivity contribution is 0.264. The Labute approximate surface area is 184 Å². The lowest BCUT2D eigenvalue weighted by Gasteiger charge is -2.16. The second kappa shape index (κ2) is 11.1. The first kappa shape index (κ1) is 22.2. The van der Waals surface area contributed by atoms with Gasteiger partial charge in [0.2, 0.25) is 0 Å². The Balaban J connectivity index is 1.63. The predicted molar refractivity (Wildman–Crippen MR) is 118 cm³/mol. The maximum absolute atomic E-state index is 13.9. The molecule has 3 aromatic rings. The number of benzene rings is 3. The summed E-state index contributed by atoms with van der Waals surface area (Å²) < 4.78 is 39.9. The molecule has 0 atom stereocenters. The summed E-state index contributed by atoms with van der Waals surface area (Å²) in [5.41, 5.74) is 2.17. The average Bonchev–Trinajstić information content (AvgIpc) is 2.73. The molecule has 0 unspecified atom stereocenters. The quantitative estimate of drug-likeness (QED) is 0.362. The van der Waals surface area contributed by atoms with E-state index in [4.69, 9.17) is 9.47 Å². The zero-order valence-corrected chi connectivity index (χ0v) is 18.3. The van der Waals surface area contributed by atoms with Gasteiger partial charge >= 0.3 is 0 Å². The molecule has 3 aromatic carbocycles. The van der Waals surface area contributed by atoms with Gasteiger partial charge in [-0.1, -0.05) is 36.4 Å². The van der Waals surface area contributed by atoms with E-state index in [2.05, 4.69) is 21.2 Å². The summed E-state index contributed by atoms with van der Waals surface area (Å²) in [6.45, 7) is 3.72. The number of halogens is 3. The molecule has 0 aliphatic rings. The number of ether oxygens (including phenoxy) is 2. The maximum atomic E-state index is 13.9. The van der Waals surface area contributed by atoms with Gasteiger partial charge < -0.3 is 14.8 Å². The van der Waals surface area contributed by atoms with E-state index in [1.165, 1.54) is 12.1 Å². The highest BCUT2D eigenvalue weighted by atomic mass is 79.9. The van der Waals surface area contributed by atoms with Crippen molar-refractivity contribution in [3.63, 3.8) is 0 Å². The first-order chi connectivity index (χ1) is 14.6. The van der Waals surface area contributed by atoms with E-state index in [0.29, 0.717) is 48.7 Å². The molecule has 0 radical (unpaired) electrons. The Morgan fingerprint density at radius 1 is 0.900 bits per heavy atom. The minimum absolute atomic E-state index is 0.103. The van der Waals surface area contributed by atoms with Crippen molar-refractivity contribution in [3.8, 4) is 11.5 Å². The normalized spacial score (nSPS) is 10.8. The Morgan fingerprint density at radius 2 is 1.57 bits per heavy atom. The second-order valence-electron chi connectivity index (χ2n) is 6.74. The highest BCUT2D eigenvalue weighted by molar-refractivity contribution is 9.10. The third-order valence-electron chi connectivity index (χ3n) is 4.56. The number of rotatable bonds is 10. The molecule has 0 aromatic heterocycles. The van der Waals surface area contributed by atoms with E-state index < -0.39 is 0 Å². The number of nitrogens with one attached hydrogen (secondary N) is 1. The van der Waals surface area contributed by atoms with Gasteiger partial charge in [0, 0.05) is 12.1 Å². The van der Waals surface area contributed by atoms with Crippen LogP contribution in [0.15, 0.2) is 65.1 Å². The van der Waals surface area contributed by atoms with Gasteiger partial charge in [0.1, 0.15) is 18.2 Å². The van der Waals surface area contributed by atoms with Gasteiger partial charge in [-0.15, -0.1) is 0 Å². The van der Waals surface area contributed by atoms with Gasteiger partial charge in [0.05, 0.1) is 11.1 Å². The molecule has 30 heavy (non-hydrogen) atoms. The molecule has 1 N–H and O–H groups in total. The summed E-state index contributed by atoms with van der Waals surface area (Å²) in [4.78, 5) is 0. The molecule has 0 bridgehead atoms. The van der Waals surface area contributed by atoms with Crippen molar-refractivity contribution < 1.29 is 18.3 Å². The Bertz CT molecular complexity index is 981. The Morgan fingerprint density at radius 3 is 2.23 bits per heavy atom. The third kappa shape index (κ3) is 6.03. The van der Waals surface area contributed by atoms with Crippen molar-refractivity contribution in [2.75, 3.05) is 13.2 Å². The highest BCUT2D eigenvalue weighted by Gasteiger charge is 2.13. The van der Waals surface area contributed by atoms with Crippen molar-refractivity contribution in [1.82, 2.24) is 5.32 Å². The van der Waals surface area contributed by atoms with Crippen LogP contribution in [-0.2, 0) is 19.6 Å². The molecule has 158 valence electrons. The SMILES string of the molecule is CCOc1cc(CNCCc2ccccc2F)cc(Br)c1OCc1ccccc1F. The van der Waals surface area contributed by atoms with Crippen LogP contribution in [0.5, 0.6) is 11.5 Å². The molecule has 0 fully saturated rings. The molecule has 0 saturated heterocycles. The Hall–Kier alpha value is -2.44. The van der Waals surface area contributed by atoms with Crippen LogP contribution in [0, 0.1) is 11.6 Å². The lowest BCUT2D eigenvalue weighted by Crippen LogP contribution is -2.17. The molecular formula is C24H24BrF2NO2. The molecule has 3 rings (SSSR count). The molecule has 0 saturated carbocycles. The zero-order valence-electron chi connectivity index (χ0n) is 16.8. The summed E-state index contributed by atoms with van der Waals surface area (Å²) >= 11 is 3.54. The fraction of sp³-hybridized carbons (Fsp3) is 0.250. The maximum Gasteiger partial charge on any atom is 0.175 e. The van der Waals surface area contributed by atoms with E-state index in [1.807, 2.05) is 25.1 Å². The van der Waals surface area contributed by atoms with Gasteiger partial charge in [0.25, 0.3) is 0 Å². The predicted octanol–water partition coefficient (Wildman–Crippen LogP) is 6.04. The molecule has 0 spiro atoms. The fourth-order valence-electron chi connectivity index (χ4n) is 3.05. The molecule has 0 heterocycles. The summed E-state index contributed by atoms with van der Waals surface area (Å²) in [6.07, 6.45) is 0.607. The van der Waals surface area contributed by atoms with Gasteiger partial charge in [-0.3, -0.25) is 0 Å². The summed E-state index contributed by atoms with van der Waals surface area (Å²) in [6, 6.07) is 17.2. The summed E-state index contributed by atoms with van der Waals surface area (Å²) in [5, 5.41) is 3.33. The smallest absolute Gasteiger partial charge is 0.175 e.